The van der Waals surface area contributed by atoms with Crippen molar-refractivity contribution < 1.29 is 0 Å². The van der Waals surface area contributed by atoms with Gasteiger partial charge < -0.3 is 0 Å². The van der Waals surface area contributed by atoms with Crippen molar-refractivity contribution in [1.82, 2.24) is 0 Å². The molecule has 0 bridgehead atoms. The van der Waals surface area contributed by atoms with Gasteiger partial charge in [-0.25, -0.2) is 0 Å². The largest absolute Gasteiger partial charge is 0.179 e. The Bertz CT molecular complexity index is 48.1. The molecule has 0 atom stereocenters. The van der Waals surface area contributed by atoms with E-state index in [1.165, 1.54) is 12.8 Å². The van der Waals surface area contributed by atoms with E-state index in [4.69, 9.17) is 0 Å². The third-order valence-corrected chi connectivity index (χ3v) is 1.08. The van der Waals surface area contributed by atoms with E-state index in [1.807, 2.05) is 6.92 Å². The molecular weight excluding hydrogens is 104 g/mol. The number of hydrogen-bond donors (Lipinski definition) is 1. The van der Waals surface area contributed by atoms with Gasteiger partial charge in [0.05, 0.1) is 0 Å². The fourth-order valence-corrected chi connectivity index (χ4v) is 0.558. The average molecular weight is 116 g/mol. The van der Waals surface area contributed by atoms with E-state index in [1.54, 1.807) is 0 Å². The maximum Gasteiger partial charge on any atom is -0.00950 e. The van der Waals surface area contributed by atoms with Crippen LogP contribution < -0.4 is 0 Å². The van der Waals surface area contributed by atoms with Crippen LogP contribution in [0.2, 0.25) is 0 Å². The molecule has 0 nitrogen and oxygen atoms in total. The standard InChI is InChI=1S/C6H12S/c1-2-3-4-5-6-7/h2-3,7H,4-6H2,1H3/b3-2+. The van der Waals surface area contributed by atoms with Crippen LogP contribution in [0.5, 0.6) is 0 Å². The molecule has 0 unspecified atom stereocenters. The molecule has 0 aliphatic carbocycles. The maximum atomic E-state index is 4.06. The predicted octanol–water partition coefficient (Wildman–Crippen LogP) is 2.27. The van der Waals surface area contributed by atoms with E-state index >= 15 is 0 Å². The van der Waals surface area contributed by atoms with Crippen molar-refractivity contribution in [3.05, 3.63) is 12.2 Å². The Morgan fingerprint density at radius 3 is 2.71 bits per heavy atom. The Hall–Kier alpha value is 0.0900. The summed E-state index contributed by atoms with van der Waals surface area (Å²) in [6, 6.07) is 0. The Morgan fingerprint density at radius 1 is 1.57 bits per heavy atom. The van der Waals surface area contributed by atoms with E-state index in [0.717, 1.165) is 5.75 Å². The Morgan fingerprint density at radius 2 is 2.29 bits per heavy atom. The number of unbranched alkanes of at least 4 members (excludes halogenated alkanes) is 1. The SMILES string of the molecule is C/C=C/CCCS. The summed E-state index contributed by atoms with van der Waals surface area (Å²) in [5.41, 5.74) is 0. The quantitative estimate of drug-likeness (QED) is 0.326. The molecule has 0 aliphatic rings. The van der Waals surface area contributed by atoms with Crippen LogP contribution in [0.3, 0.4) is 0 Å². The summed E-state index contributed by atoms with van der Waals surface area (Å²) in [6.07, 6.45) is 6.62. The summed E-state index contributed by atoms with van der Waals surface area (Å²) in [5, 5.41) is 0. The molecule has 0 fully saturated rings. The first-order chi connectivity index (χ1) is 3.41. The van der Waals surface area contributed by atoms with Gasteiger partial charge in [-0.1, -0.05) is 12.2 Å². The molecule has 0 aromatic rings. The predicted molar refractivity (Wildman–Crippen MR) is 37.9 cm³/mol. The molecular formula is C6H12S. The van der Waals surface area contributed by atoms with E-state index in [2.05, 4.69) is 24.8 Å². The highest BCUT2D eigenvalue weighted by Gasteiger charge is 1.73. The van der Waals surface area contributed by atoms with Gasteiger partial charge >= 0.3 is 0 Å². The third kappa shape index (κ3) is 6.09. The van der Waals surface area contributed by atoms with Gasteiger partial charge in [-0.05, 0) is 25.5 Å². The van der Waals surface area contributed by atoms with Crippen molar-refractivity contribution in [2.45, 2.75) is 19.8 Å². The molecule has 0 radical (unpaired) electrons. The molecule has 0 aromatic heterocycles. The van der Waals surface area contributed by atoms with Gasteiger partial charge in [0.2, 0.25) is 0 Å². The normalized spacial score (nSPS) is 10.6. The number of hydrogen-bond acceptors (Lipinski definition) is 1. The van der Waals surface area contributed by atoms with Crippen LogP contribution in [0.1, 0.15) is 19.8 Å². The van der Waals surface area contributed by atoms with Crippen molar-refractivity contribution in [2.75, 3.05) is 5.75 Å². The highest BCUT2D eigenvalue weighted by atomic mass is 32.1. The van der Waals surface area contributed by atoms with Gasteiger partial charge in [-0.15, -0.1) is 0 Å². The zero-order valence-corrected chi connectivity index (χ0v) is 5.62. The van der Waals surface area contributed by atoms with Crippen LogP contribution in [0.4, 0.5) is 0 Å². The van der Waals surface area contributed by atoms with Gasteiger partial charge in [0, 0.05) is 0 Å². The molecule has 0 heterocycles. The molecule has 0 aromatic carbocycles. The van der Waals surface area contributed by atoms with E-state index in [-0.39, 0.29) is 0 Å². The summed E-state index contributed by atoms with van der Waals surface area (Å²) in [6.45, 7) is 2.04. The first-order valence-electron chi connectivity index (χ1n) is 2.64. The first kappa shape index (κ1) is 7.09. The minimum absolute atomic E-state index is 1.00. The fourth-order valence-electron chi connectivity index (χ4n) is 0.376. The van der Waals surface area contributed by atoms with Crippen molar-refractivity contribution in [2.24, 2.45) is 0 Å². The van der Waals surface area contributed by atoms with Crippen LogP contribution in [-0.4, -0.2) is 5.75 Å². The van der Waals surface area contributed by atoms with E-state index < -0.39 is 0 Å². The molecule has 0 spiro atoms. The fraction of sp³-hybridized carbons (Fsp3) is 0.667. The highest BCUT2D eigenvalue weighted by molar-refractivity contribution is 7.80. The van der Waals surface area contributed by atoms with Gasteiger partial charge in [0.25, 0.3) is 0 Å². The second-order valence-electron chi connectivity index (χ2n) is 1.43. The zero-order chi connectivity index (χ0) is 5.54. The van der Waals surface area contributed by atoms with Gasteiger partial charge in [-0.3, -0.25) is 0 Å². The molecule has 42 valence electrons. The molecule has 0 rings (SSSR count). The summed E-state index contributed by atoms with van der Waals surface area (Å²) < 4.78 is 0. The zero-order valence-electron chi connectivity index (χ0n) is 4.72. The van der Waals surface area contributed by atoms with Crippen LogP contribution in [0, 0.1) is 0 Å². The molecule has 0 aliphatic heterocycles. The first-order valence-corrected chi connectivity index (χ1v) is 3.27. The lowest BCUT2D eigenvalue weighted by molar-refractivity contribution is 0.973. The summed E-state index contributed by atoms with van der Waals surface area (Å²) in [5.74, 6) is 1.00. The smallest absolute Gasteiger partial charge is 0.00950 e. The van der Waals surface area contributed by atoms with Gasteiger partial charge in [0.15, 0.2) is 0 Å². The highest BCUT2D eigenvalue weighted by Crippen LogP contribution is 1.91. The van der Waals surface area contributed by atoms with E-state index in [0.29, 0.717) is 0 Å². The van der Waals surface area contributed by atoms with Gasteiger partial charge in [-0.2, -0.15) is 12.6 Å². The van der Waals surface area contributed by atoms with Crippen molar-refractivity contribution in [3.8, 4) is 0 Å². The minimum Gasteiger partial charge on any atom is -0.179 e. The molecule has 1 heteroatoms. The summed E-state index contributed by atoms with van der Waals surface area (Å²) in [7, 11) is 0. The lowest BCUT2D eigenvalue weighted by atomic mass is 10.3. The van der Waals surface area contributed by atoms with Crippen molar-refractivity contribution in [3.63, 3.8) is 0 Å². The van der Waals surface area contributed by atoms with Crippen LogP contribution in [0.25, 0.3) is 0 Å². The second-order valence-corrected chi connectivity index (χ2v) is 1.88. The number of rotatable bonds is 3. The topological polar surface area (TPSA) is 0 Å². The number of allylic oxidation sites excluding steroid dienone is 2. The second kappa shape index (κ2) is 6.09. The molecule has 0 amide bonds. The lowest BCUT2D eigenvalue weighted by Gasteiger charge is -1.83. The number of thiol groups is 1. The third-order valence-electron chi connectivity index (χ3n) is 0.765. The average Bonchev–Trinajstić information content (AvgIpc) is 1.69. The summed E-state index contributed by atoms with van der Waals surface area (Å²) in [4.78, 5) is 0. The Labute approximate surface area is 51.0 Å². The van der Waals surface area contributed by atoms with Crippen LogP contribution >= 0.6 is 12.6 Å². The Balaban J connectivity index is 2.69. The monoisotopic (exact) mass is 116 g/mol. The molecule has 0 saturated carbocycles. The van der Waals surface area contributed by atoms with Crippen LogP contribution in [-0.2, 0) is 0 Å². The molecule has 0 saturated heterocycles. The Kier molecular flexibility index (Phi) is 6.17. The molecule has 7 heavy (non-hydrogen) atoms. The molecule has 0 N–H and O–H groups in total. The maximum absolute atomic E-state index is 4.06. The van der Waals surface area contributed by atoms with E-state index in [9.17, 15) is 0 Å². The van der Waals surface area contributed by atoms with Gasteiger partial charge in [0.1, 0.15) is 0 Å². The van der Waals surface area contributed by atoms with Crippen molar-refractivity contribution >= 4 is 12.6 Å². The lowest BCUT2D eigenvalue weighted by Crippen LogP contribution is -1.68. The van der Waals surface area contributed by atoms with Crippen LogP contribution in [0.15, 0.2) is 12.2 Å². The van der Waals surface area contributed by atoms with Crippen molar-refractivity contribution in [1.29, 1.82) is 0 Å². The minimum atomic E-state index is 1.00. The summed E-state index contributed by atoms with van der Waals surface area (Å²) >= 11 is 4.06.